The van der Waals surface area contributed by atoms with E-state index in [0.717, 1.165) is 10.5 Å². The fourth-order valence-corrected chi connectivity index (χ4v) is 4.88. The highest BCUT2D eigenvalue weighted by molar-refractivity contribution is 8.00. The number of thioether (sulfide) groups is 1. The normalized spacial score (nSPS) is 11.3. The molecule has 2 N–H and O–H groups in total. The molecule has 1 atom stereocenters. The molecule has 0 heterocycles. The summed E-state index contributed by atoms with van der Waals surface area (Å²) in [6, 6.07) is 28.9. The molecular formula is C29H25ClN2O4S. The molecule has 0 spiro atoms. The summed E-state index contributed by atoms with van der Waals surface area (Å²) in [5.41, 5.74) is 2.41. The molecular weight excluding hydrogens is 508 g/mol. The van der Waals surface area contributed by atoms with E-state index in [1.807, 2.05) is 48.5 Å². The smallest absolute Gasteiger partial charge is 0.255 e. The number of carbonyl (C=O) groups excluding carboxylic acids is 2. The van der Waals surface area contributed by atoms with Gasteiger partial charge in [-0.25, -0.2) is 0 Å². The Labute approximate surface area is 225 Å². The number of methoxy groups -OCH3 is 2. The van der Waals surface area contributed by atoms with Gasteiger partial charge in [-0.05, 0) is 60.2 Å². The van der Waals surface area contributed by atoms with Crippen molar-refractivity contribution in [3.8, 4) is 11.5 Å². The van der Waals surface area contributed by atoms with Crippen LogP contribution in [0.5, 0.6) is 11.5 Å². The number of benzene rings is 4. The van der Waals surface area contributed by atoms with E-state index >= 15 is 0 Å². The number of amides is 2. The molecule has 0 bridgehead atoms. The lowest BCUT2D eigenvalue weighted by molar-refractivity contribution is -0.115. The maximum atomic E-state index is 13.5. The van der Waals surface area contributed by atoms with Crippen molar-refractivity contribution < 1.29 is 19.1 Å². The number of hydrogen-bond donors (Lipinski definition) is 2. The van der Waals surface area contributed by atoms with Crippen molar-refractivity contribution in [2.75, 3.05) is 24.9 Å². The lowest BCUT2D eigenvalue weighted by Crippen LogP contribution is -2.19. The van der Waals surface area contributed by atoms with Crippen LogP contribution in [0.25, 0.3) is 0 Å². The molecule has 2 amide bonds. The van der Waals surface area contributed by atoms with Crippen molar-refractivity contribution in [2.45, 2.75) is 10.1 Å². The summed E-state index contributed by atoms with van der Waals surface area (Å²) in [7, 11) is 3.09. The minimum Gasteiger partial charge on any atom is -0.497 e. The zero-order valence-electron chi connectivity index (χ0n) is 20.2. The number of rotatable bonds is 9. The molecule has 188 valence electrons. The monoisotopic (exact) mass is 532 g/mol. The molecule has 1 unspecified atom stereocenters. The summed E-state index contributed by atoms with van der Waals surface area (Å²) in [5, 5.41) is 5.77. The van der Waals surface area contributed by atoms with Gasteiger partial charge in [-0.3, -0.25) is 9.59 Å². The van der Waals surface area contributed by atoms with Crippen molar-refractivity contribution in [3.63, 3.8) is 0 Å². The third-order valence-electron chi connectivity index (χ3n) is 5.44. The summed E-state index contributed by atoms with van der Waals surface area (Å²) < 4.78 is 10.6. The van der Waals surface area contributed by atoms with Crippen molar-refractivity contribution >= 4 is 46.6 Å². The summed E-state index contributed by atoms with van der Waals surface area (Å²) in [4.78, 5) is 27.1. The second-order valence-corrected chi connectivity index (χ2v) is 9.57. The van der Waals surface area contributed by atoms with Gasteiger partial charge in [0.15, 0.2) is 0 Å². The SMILES string of the molecule is COc1cccc(C(=O)Nc2cccc(SC(C(=O)Nc3cc(Cl)ccc3OC)c3ccccc3)c2)c1. The molecule has 4 rings (SSSR count). The van der Waals surface area contributed by atoms with E-state index in [2.05, 4.69) is 10.6 Å². The highest BCUT2D eigenvalue weighted by atomic mass is 35.5. The van der Waals surface area contributed by atoms with Crippen molar-refractivity contribution in [1.82, 2.24) is 0 Å². The molecule has 4 aromatic carbocycles. The number of anilines is 2. The Kier molecular flexibility index (Phi) is 8.72. The average molecular weight is 533 g/mol. The van der Waals surface area contributed by atoms with Gasteiger partial charge in [0.25, 0.3) is 5.91 Å². The van der Waals surface area contributed by atoms with E-state index in [1.165, 1.54) is 18.9 Å². The average Bonchev–Trinajstić information content (AvgIpc) is 2.92. The van der Waals surface area contributed by atoms with Crippen molar-refractivity contribution in [2.24, 2.45) is 0 Å². The second kappa shape index (κ2) is 12.3. The molecule has 0 fully saturated rings. The zero-order chi connectivity index (χ0) is 26.2. The fraction of sp³-hybridized carbons (Fsp3) is 0.103. The lowest BCUT2D eigenvalue weighted by atomic mass is 10.1. The van der Waals surface area contributed by atoms with E-state index in [9.17, 15) is 9.59 Å². The van der Waals surface area contributed by atoms with E-state index in [0.29, 0.717) is 33.5 Å². The third kappa shape index (κ3) is 6.84. The van der Waals surface area contributed by atoms with Gasteiger partial charge in [0.05, 0.1) is 19.9 Å². The minimum atomic E-state index is -0.575. The number of ether oxygens (including phenoxy) is 2. The van der Waals surface area contributed by atoms with Crippen LogP contribution >= 0.6 is 23.4 Å². The van der Waals surface area contributed by atoms with Gasteiger partial charge in [-0.2, -0.15) is 0 Å². The molecule has 0 aliphatic heterocycles. The summed E-state index contributed by atoms with van der Waals surface area (Å²) in [6.45, 7) is 0. The van der Waals surface area contributed by atoms with Gasteiger partial charge in [0.1, 0.15) is 16.7 Å². The van der Waals surface area contributed by atoms with Crippen LogP contribution in [0.3, 0.4) is 0 Å². The van der Waals surface area contributed by atoms with Crippen molar-refractivity contribution in [3.05, 3.63) is 113 Å². The number of halogens is 1. The standard InChI is InChI=1S/C29H25ClN2O4S/c1-35-23-12-6-10-20(16-23)28(33)31-22-11-7-13-24(18-22)37-27(19-8-4-3-5-9-19)29(34)32-25-17-21(30)14-15-26(25)36-2/h3-18,27H,1-2H3,(H,31,33)(H,32,34). The molecule has 37 heavy (non-hydrogen) atoms. The first-order chi connectivity index (χ1) is 18.0. The Morgan fingerprint density at radius 3 is 2.35 bits per heavy atom. The number of hydrogen-bond acceptors (Lipinski definition) is 5. The van der Waals surface area contributed by atoms with Gasteiger partial charge in [-0.1, -0.05) is 54.1 Å². The maximum absolute atomic E-state index is 13.5. The van der Waals surface area contributed by atoms with Crippen molar-refractivity contribution in [1.29, 1.82) is 0 Å². The molecule has 0 aliphatic rings. The highest BCUT2D eigenvalue weighted by Gasteiger charge is 2.23. The van der Waals surface area contributed by atoms with Gasteiger partial charge >= 0.3 is 0 Å². The first-order valence-electron chi connectivity index (χ1n) is 11.4. The van der Waals surface area contributed by atoms with E-state index in [-0.39, 0.29) is 11.8 Å². The molecule has 4 aromatic rings. The van der Waals surface area contributed by atoms with Gasteiger partial charge in [-0.15, -0.1) is 11.8 Å². The molecule has 6 nitrogen and oxygen atoms in total. The largest absolute Gasteiger partial charge is 0.497 e. The molecule has 0 aliphatic carbocycles. The maximum Gasteiger partial charge on any atom is 0.255 e. The Balaban J connectivity index is 1.56. The molecule has 0 aromatic heterocycles. The zero-order valence-corrected chi connectivity index (χ0v) is 21.8. The lowest BCUT2D eigenvalue weighted by Gasteiger charge is -2.19. The van der Waals surface area contributed by atoms with Crippen LogP contribution in [-0.4, -0.2) is 26.0 Å². The van der Waals surface area contributed by atoms with E-state index in [1.54, 1.807) is 55.6 Å². The summed E-state index contributed by atoms with van der Waals surface area (Å²) in [6.07, 6.45) is 0. The molecule has 8 heteroatoms. The van der Waals surface area contributed by atoms with Gasteiger partial charge < -0.3 is 20.1 Å². The molecule has 0 saturated carbocycles. The highest BCUT2D eigenvalue weighted by Crippen LogP contribution is 2.38. The molecule has 0 radical (unpaired) electrons. The van der Waals surface area contributed by atoms with Crippen LogP contribution in [0.2, 0.25) is 5.02 Å². The Hall–Kier alpha value is -3.94. The summed E-state index contributed by atoms with van der Waals surface area (Å²) in [5.74, 6) is 0.621. The van der Waals surface area contributed by atoms with Crippen LogP contribution in [0.15, 0.2) is 102 Å². The van der Waals surface area contributed by atoms with E-state index in [4.69, 9.17) is 21.1 Å². The fourth-order valence-electron chi connectivity index (χ4n) is 3.63. The van der Waals surface area contributed by atoms with Gasteiger partial charge in [0.2, 0.25) is 5.91 Å². The third-order valence-corrected chi connectivity index (χ3v) is 6.92. The van der Waals surface area contributed by atoms with Crippen LogP contribution in [0.1, 0.15) is 21.2 Å². The van der Waals surface area contributed by atoms with Gasteiger partial charge in [0, 0.05) is 21.2 Å². The summed E-state index contributed by atoms with van der Waals surface area (Å²) >= 11 is 7.52. The van der Waals surface area contributed by atoms with E-state index < -0.39 is 5.25 Å². The Bertz CT molecular complexity index is 1400. The second-order valence-electron chi connectivity index (χ2n) is 7.96. The minimum absolute atomic E-state index is 0.234. The first kappa shape index (κ1) is 26.1. The Morgan fingerprint density at radius 1 is 0.811 bits per heavy atom. The first-order valence-corrected chi connectivity index (χ1v) is 12.6. The predicted molar refractivity (Wildman–Crippen MR) is 149 cm³/mol. The quantitative estimate of drug-likeness (QED) is 0.225. The number of nitrogens with one attached hydrogen (secondary N) is 2. The predicted octanol–water partition coefficient (Wildman–Crippen LogP) is 7.08. The Morgan fingerprint density at radius 2 is 1.59 bits per heavy atom. The van der Waals surface area contributed by atoms with Crippen LogP contribution in [0.4, 0.5) is 11.4 Å². The number of carbonyl (C=O) groups is 2. The topological polar surface area (TPSA) is 76.7 Å². The van der Waals surface area contributed by atoms with Crippen LogP contribution in [-0.2, 0) is 4.79 Å². The molecule has 0 saturated heterocycles. The van der Waals surface area contributed by atoms with Crippen LogP contribution < -0.4 is 20.1 Å². The van der Waals surface area contributed by atoms with Crippen LogP contribution in [0, 0.1) is 0 Å².